The third kappa shape index (κ3) is 4.96. The fourth-order valence-electron chi connectivity index (χ4n) is 3.90. The molecule has 1 heterocycles. The molecule has 2 rings (SSSR count). The van der Waals surface area contributed by atoms with E-state index in [9.17, 15) is 9.90 Å². The van der Waals surface area contributed by atoms with Gasteiger partial charge in [0.15, 0.2) is 6.29 Å². The number of rotatable bonds is 7. The van der Waals surface area contributed by atoms with Crippen molar-refractivity contribution >= 4 is 5.91 Å². The minimum Gasteiger partial charge on any atom is -0.390 e. The van der Waals surface area contributed by atoms with Gasteiger partial charge in [0.1, 0.15) is 11.8 Å². The average molecular weight is 389 g/mol. The first kappa shape index (κ1) is 22.4. The highest BCUT2D eigenvalue weighted by Crippen LogP contribution is 2.35. The van der Waals surface area contributed by atoms with Crippen molar-refractivity contribution in [3.8, 4) is 0 Å². The normalized spacial score (nSPS) is 40.0. The number of carbonyl (C=O) groups is 1. The molecule has 7 atom stereocenters. The Morgan fingerprint density at radius 1 is 1.44 bits per heavy atom. The number of likely N-dealkylation sites (N-methyl/N-ethyl adjacent to an activating group) is 2. The number of carbonyl (C=O) groups excluding carboxylic acids is 1. The zero-order valence-corrected chi connectivity index (χ0v) is 16.5. The first-order chi connectivity index (χ1) is 12.8. The van der Waals surface area contributed by atoms with Gasteiger partial charge in [-0.1, -0.05) is 0 Å². The van der Waals surface area contributed by atoms with E-state index in [1.54, 1.807) is 14.2 Å². The van der Waals surface area contributed by atoms with Crippen LogP contribution in [0, 0.1) is 0 Å². The van der Waals surface area contributed by atoms with Crippen LogP contribution < -0.4 is 22.5 Å². The lowest BCUT2D eigenvalue weighted by molar-refractivity contribution is -0.270. The maximum absolute atomic E-state index is 12.2. The lowest BCUT2D eigenvalue weighted by Gasteiger charge is -2.52. The second-order valence-corrected chi connectivity index (χ2v) is 7.50. The molecular formula is C17H35N5O5. The van der Waals surface area contributed by atoms with Crippen molar-refractivity contribution in [1.82, 2.24) is 10.2 Å². The molecule has 0 spiro atoms. The third-order valence-electron chi connectivity index (χ3n) is 5.62. The third-order valence-corrected chi connectivity index (χ3v) is 5.62. The molecule has 1 aliphatic heterocycles. The van der Waals surface area contributed by atoms with Gasteiger partial charge >= 0.3 is 0 Å². The van der Waals surface area contributed by atoms with E-state index in [1.807, 2.05) is 7.05 Å². The van der Waals surface area contributed by atoms with Gasteiger partial charge in [-0.25, -0.2) is 0 Å². The van der Waals surface area contributed by atoms with E-state index >= 15 is 0 Å². The maximum atomic E-state index is 12.2. The summed E-state index contributed by atoms with van der Waals surface area (Å²) in [6, 6.07) is -0.342. The molecule has 0 radical (unpaired) electrons. The van der Waals surface area contributed by atoms with Gasteiger partial charge < -0.3 is 46.7 Å². The topological polar surface area (TPSA) is 158 Å². The van der Waals surface area contributed by atoms with Gasteiger partial charge in [0.25, 0.3) is 0 Å². The molecule has 0 aromatic carbocycles. The average Bonchev–Trinajstić information content (AvgIpc) is 2.65. The summed E-state index contributed by atoms with van der Waals surface area (Å²) in [5.41, 5.74) is 17.0. The number of nitrogens with one attached hydrogen (secondary N) is 1. The minimum atomic E-state index is -1.30. The van der Waals surface area contributed by atoms with Gasteiger partial charge in [-0.3, -0.25) is 4.79 Å². The van der Waals surface area contributed by atoms with Gasteiger partial charge in [-0.2, -0.15) is 0 Å². The summed E-state index contributed by atoms with van der Waals surface area (Å²) in [5, 5.41) is 13.8. The number of methoxy groups -OCH3 is 1. The molecule has 1 saturated heterocycles. The Morgan fingerprint density at radius 3 is 2.74 bits per heavy atom. The van der Waals surface area contributed by atoms with E-state index in [1.165, 1.54) is 4.90 Å². The van der Waals surface area contributed by atoms with E-state index in [2.05, 4.69) is 5.32 Å². The SMILES string of the molecule is CNC[C@@H]1CC[C@@H](N)[C@@H](O[C@H]2[C@@H](O)C[C@H](OC)C[C@@]2(N)N(C)C(=O)CN)O1. The van der Waals surface area contributed by atoms with E-state index < -0.39 is 24.2 Å². The summed E-state index contributed by atoms with van der Waals surface area (Å²) in [4.78, 5) is 13.6. The maximum Gasteiger partial charge on any atom is 0.237 e. The highest BCUT2D eigenvalue weighted by atomic mass is 16.7. The number of amides is 1. The van der Waals surface area contributed by atoms with E-state index in [4.69, 9.17) is 31.4 Å². The molecule has 1 saturated carbocycles. The molecule has 10 heteroatoms. The summed E-state index contributed by atoms with van der Waals surface area (Å²) >= 11 is 0. The molecule has 10 nitrogen and oxygen atoms in total. The van der Waals surface area contributed by atoms with Crippen molar-refractivity contribution in [3.63, 3.8) is 0 Å². The number of hydrogen-bond donors (Lipinski definition) is 5. The molecule has 158 valence electrons. The largest absolute Gasteiger partial charge is 0.390 e. The highest BCUT2D eigenvalue weighted by Gasteiger charge is 2.52. The minimum absolute atomic E-state index is 0.0390. The van der Waals surface area contributed by atoms with Gasteiger partial charge in [0.05, 0.1) is 30.9 Å². The Hall–Kier alpha value is -0.850. The van der Waals surface area contributed by atoms with Crippen molar-refractivity contribution in [1.29, 1.82) is 0 Å². The van der Waals surface area contributed by atoms with Crippen LogP contribution in [-0.4, -0.2) is 92.6 Å². The second kappa shape index (κ2) is 9.57. The van der Waals surface area contributed by atoms with E-state index in [0.29, 0.717) is 19.4 Å². The van der Waals surface area contributed by atoms with Crippen molar-refractivity contribution in [2.75, 3.05) is 34.3 Å². The molecular weight excluding hydrogens is 354 g/mol. The van der Waals surface area contributed by atoms with Crippen molar-refractivity contribution in [2.45, 2.75) is 68.1 Å². The predicted molar refractivity (Wildman–Crippen MR) is 99.5 cm³/mol. The van der Waals surface area contributed by atoms with Gasteiger partial charge in [-0.05, 0) is 19.9 Å². The van der Waals surface area contributed by atoms with Crippen LogP contribution in [-0.2, 0) is 19.0 Å². The van der Waals surface area contributed by atoms with E-state index in [0.717, 1.165) is 12.8 Å². The van der Waals surface area contributed by atoms with Crippen LogP contribution in [0.25, 0.3) is 0 Å². The first-order valence-corrected chi connectivity index (χ1v) is 9.44. The number of nitrogens with two attached hydrogens (primary N) is 3. The molecule has 0 aromatic heterocycles. The number of aliphatic hydroxyl groups is 1. The predicted octanol–water partition coefficient (Wildman–Crippen LogP) is -2.33. The summed E-state index contributed by atoms with van der Waals surface area (Å²) in [6.07, 6.45) is -0.701. The van der Waals surface area contributed by atoms with Crippen LogP contribution in [0.3, 0.4) is 0 Å². The summed E-state index contributed by atoms with van der Waals surface area (Å²) in [6.45, 7) is 0.477. The molecule has 8 N–H and O–H groups in total. The zero-order chi connectivity index (χ0) is 20.2. The standard InChI is InChI=1S/C17H35N5O5/c1-21-9-10-4-5-12(19)16(26-10)27-15-13(23)6-11(25-3)7-17(15,20)22(2)14(24)8-18/h10-13,15-16,21,23H,4-9,18-20H2,1-3H3/t10-,11-,12+,13-,15-,16+,17+/m0/s1. The summed E-state index contributed by atoms with van der Waals surface area (Å²) in [5.74, 6) is -0.350. The summed E-state index contributed by atoms with van der Waals surface area (Å²) < 4.78 is 17.5. The lowest BCUT2D eigenvalue weighted by Crippen LogP contribution is -2.72. The van der Waals surface area contributed by atoms with Crippen LogP contribution >= 0.6 is 0 Å². The number of nitrogens with zero attached hydrogens (tertiary/aromatic N) is 1. The summed E-state index contributed by atoms with van der Waals surface area (Å²) in [7, 11) is 4.95. The Labute approximate surface area is 160 Å². The molecule has 1 aliphatic carbocycles. The Kier molecular flexibility index (Phi) is 7.95. The molecule has 2 fully saturated rings. The van der Waals surface area contributed by atoms with Crippen LogP contribution in [0.5, 0.6) is 0 Å². The fourth-order valence-corrected chi connectivity index (χ4v) is 3.90. The van der Waals surface area contributed by atoms with E-state index in [-0.39, 0.29) is 30.7 Å². The quantitative estimate of drug-likeness (QED) is 0.301. The monoisotopic (exact) mass is 389 g/mol. The Balaban J connectivity index is 2.22. The fraction of sp³-hybridized carbons (Fsp3) is 0.941. The Morgan fingerprint density at radius 2 is 2.15 bits per heavy atom. The smallest absolute Gasteiger partial charge is 0.237 e. The Bertz CT molecular complexity index is 498. The number of aliphatic hydroxyl groups excluding tert-OH is 1. The van der Waals surface area contributed by atoms with Crippen molar-refractivity contribution in [3.05, 3.63) is 0 Å². The van der Waals surface area contributed by atoms with Gasteiger partial charge in [0.2, 0.25) is 5.91 Å². The van der Waals surface area contributed by atoms with Crippen LogP contribution in [0.2, 0.25) is 0 Å². The van der Waals surface area contributed by atoms with Crippen LogP contribution in [0.1, 0.15) is 25.7 Å². The number of ether oxygens (including phenoxy) is 3. The number of hydrogen-bond acceptors (Lipinski definition) is 9. The van der Waals surface area contributed by atoms with Crippen molar-refractivity contribution in [2.24, 2.45) is 17.2 Å². The molecule has 1 amide bonds. The molecule has 0 aromatic rings. The van der Waals surface area contributed by atoms with Crippen LogP contribution in [0.15, 0.2) is 0 Å². The van der Waals surface area contributed by atoms with Gasteiger partial charge in [-0.15, -0.1) is 0 Å². The molecule has 0 bridgehead atoms. The van der Waals surface area contributed by atoms with Gasteiger partial charge in [0, 0.05) is 33.5 Å². The second-order valence-electron chi connectivity index (χ2n) is 7.50. The first-order valence-electron chi connectivity index (χ1n) is 9.44. The molecule has 27 heavy (non-hydrogen) atoms. The van der Waals surface area contributed by atoms with Crippen molar-refractivity contribution < 1.29 is 24.1 Å². The molecule has 2 aliphatic rings. The van der Waals surface area contributed by atoms with Crippen LogP contribution in [0.4, 0.5) is 0 Å². The lowest BCUT2D eigenvalue weighted by atomic mass is 9.81. The zero-order valence-electron chi connectivity index (χ0n) is 16.5. The highest BCUT2D eigenvalue weighted by molar-refractivity contribution is 5.78. The molecule has 0 unspecified atom stereocenters.